The van der Waals surface area contributed by atoms with E-state index in [0.29, 0.717) is 0 Å². The Morgan fingerprint density at radius 3 is 2.27 bits per heavy atom. The lowest BCUT2D eigenvalue weighted by Gasteiger charge is -2.18. The monoisotopic (exact) mass is 327 g/mol. The first-order valence-corrected chi connectivity index (χ1v) is 9.59. The first-order chi connectivity index (χ1) is 10.7. The topological polar surface area (TPSA) is 52.5 Å². The molecule has 1 rings (SSSR count). The Morgan fingerprint density at radius 1 is 1.05 bits per heavy atom. The summed E-state index contributed by atoms with van der Waals surface area (Å²) in [4.78, 5) is 2.29. The molecule has 3 nitrogen and oxygen atoms in total. The van der Waals surface area contributed by atoms with Gasteiger partial charge in [-0.1, -0.05) is 51.9 Å². The molecule has 0 fully saturated rings. The van der Waals surface area contributed by atoms with Crippen molar-refractivity contribution in [1.29, 1.82) is 0 Å². The number of aliphatic hydroxyl groups excluding tert-OH is 2. The average molecular weight is 328 g/mol. The van der Waals surface area contributed by atoms with Crippen LogP contribution < -0.4 is 5.32 Å². The second-order valence-corrected chi connectivity index (χ2v) is 7.25. The molecule has 2 unspecified atom stereocenters. The van der Waals surface area contributed by atoms with Crippen LogP contribution in [0.2, 0.25) is 0 Å². The van der Waals surface area contributed by atoms with Crippen LogP contribution in [-0.4, -0.2) is 29.9 Å². The van der Waals surface area contributed by atoms with Gasteiger partial charge in [-0.25, -0.2) is 0 Å². The summed E-state index contributed by atoms with van der Waals surface area (Å²) in [6.07, 6.45) is 11.2. The van der Waals surface area contributed by atoms with Gasteiger partial charge in [-0.3, -0.25) is 0 Å². The number of nitrogens with one attached hydrogen (secondary N) is 1. The van der Waals surface area contributed by atoms with Crippen molar-refractivity contribution < 1.29 is 10.2 Å². The van der Waals surface area contributed by atoms with Gasteiger partial charge in [0, 0.05) is 9.75 Å². The molecule has 0 amide bonds. The molecule has 1 heterocycles. The number of likely N-dealkylation sites (N-methyl/N-ethyl adjacent to an activating group) is 1. The summed E-state index contributed by atoms with van der Waals surface area (Å²) in [6, 6.07) is 3.83. The fourth-order valence-electron chi connectivity index (χ4n) is 2.67. The molecule has 0 saturated carbocycles. The molecule has 0 aromatic carbocycles. The molecule has 0 aliphatic carbocycles. The smallest absolute Gasteiger partial charge is 0.106 e. The van der Waals surface area contributed by atoms with Gasteiger partial charge in [0.25, 0.3) is 0 Å². The molecule has 22 heavy (non-hydrogen) atoms. The van der Waals surface area contributed by atoms with E-state index in [4.69, 9.17) is 0 Å². The lowest BCUT2D eigenvalue weighted by molar-refractivity contribution is 0.0969. The first-order valence-electron chi connectivity index (χ1n) is 8.77. The molecular formula is C18H33NO2S. The minimum atomic E-state index is -0.618. The van der Waals surface area contributed by atoms with E-state index in [1.54, 1.807) is 18.4 Å². The van der Waals surface area contributed by atoms with Gasteiger partial charge in [0.2, 0.25) is 0 Å². The first kappa shape index (κ1) is 19.6. The molecule has 1 aromatic heterocycles. The normalized spacial score (nSPS) is 14.2. The summed E-state index contributed by atoms with van der Waals surface area (Å²) in [7, 11) is 1.76. The van der Waals surface area contributed by atoms with Gasteiger partial charge >= 0.3 is 0 Å². The van der Waals surface area contributed by atoms with Gasteiger partial charge in [0.1, 0.15) is 6.10 Å². The zero-order chi connectivity index (χ0) is 16.2. The maximum atomic E-state index is 10.2. The molecule has 0 saturated heterocycles. The zero-order valence-corrected chi connectivity index (χ0v) is 15.0. The van der Waals surface area contributed by atoms with Crippen LogP contribution in [0.1, 0.15) is 74.1 Å². The molecule has 0 radical (unpaired) electrons. The van der Waals surface area contributed by atoms with E-state index in [2.05, 4.69) is 18.3 Å². The van der Waals surface area contributed by atoms with Crippen LogP contribution in [0.5, 0.6) is 0 Å². The fraction of sp³-hybridized carbons (Fsp3) is 0.778. The predicted octanol–water partition coefficient (Wildman–Crippen LogP) is 4.05. The summed E-state index contributed by atoms with van der Waals surface area (Å²) in [5.41, 5.74) is 0. The van der Waals surface area contributed by atoms with Gasteiger partial charge in [-0.2, -0.15) is 0 Å². The molecule has 0 aliphatic rings. The van der Waals surface area contributed by atoms with E-state index < -0.39 is 6.10 Å². The molecule has 0 aliphatic heterocycles. The van der Waals surface area contributed by atoms with Crippen LogP contribution in [0.4, 0.5) is 0 Å². The number of thiophene rings is 1. The van der Waals surface area contributed by atoms with E-state index in [1.807, 2.05) is 6.07 Å². The highest BCUT2D eigenvalue weighted by molar-refractivity contribution is 7.12. The maximum absolute atomic E-state index is 10.2. The number of rotatable bonds is 13. The predicted molar refractivity (Wildman–Crippen MR) is 95.5 cm³/mol. The quantitative estimate of drug-likeness (QED) is 0.479. The van der Waals surface area contributed by atoms with Crippen LogP contribution in [0.25, 0.3) is 0 Å². The van der Waals surface area contributed by atoms with Crippen LogP contribution in [0.3, 0.4) is 0 Å². The van der Waals surface area contributed by atoms with E-state index in [-0.39, 0.29) is 12.6 Å². The molecular weight excluding hydrogens is 294 g/mol. The van der Waals surface area contributed by atoms with E-state index in [1.165, 1.54) is 56.2 Å². The molecule has 4 heteroatoms. The van der Waals surface area contributed by atoms with Gasteiger partial charge < -0.3 is 15.5 Å². The number of hydrogen-bond acceptors (Lipinski definition) is 4. The lowest BCUT2D eigenvalue weighted by Crippen LogP contribution is -2.34. The van der Waals surface area contributed by atoms with Crippen molar-refractivity contribution in [3.05, 3.63) is 21.9 Å². The van der Waals surface area contributed by atoms with Crippen LogP contribution in [-0.2, 0) is 6.42 Å². The SMILES string of the molecule is CCCCCCCCCCc1ccc(C(O)C(CO)NC)s1. The molecule has 128 valence electrons. The van der Waals surface area contributed by atoms with Crippen molar-refractivity contribution in [2.24, 2.45) is 0 Å². The van der Waals surface area contributed by atoms with E-state index in [0.717, 1.165) is 11.3 Å². The van der Waals surface area contributed by atoms with Crippen molar-refractivity contribution in [3.63, 3.8) is 0 Å². The lowest BCUT2D eigenvalue weighted by atomic mass is 10.1. The van der Waals surface area contributed by atoms with Crippen LogP contribution in [0.15, 0.2) is 12.1 Å². The van der Waals surface area contributed by atoms with Gasteiger partial charge in [-0.15, -0.1) is 11.3 Å². The Kier molecular flexibility index (Phi) is 10.8. The average Bonchev–Trinajstić information content (AvgIpc) is 3.00. The minimum absolute atomic E-state index is 0.0526. The van der Waals surface area contributed by atoms with Crippen molar-refractivity contribution in [1.82, 2.24) is 5.32 Å². The van der Waals surface area contributed by atoms with E-state index in [9.17, 15) is 10.2 Å². The second-order valence-electron chi connectivity index (χ2n) is 6.05. The van der Waals surface area contributed by atoms with Crippen molar-refractivity contribution in [3.8, 4) is 0 Å². The molecule has 0 spiro atoms. The third-order valence-corrected chi connectivity index (χ3v) is 5.41. The summed E-state index contributed by atoms with van der Waals surface area (Å²) in [6.45, 7) is 2.20. The molecule has 3 N–H and O–H groups in total. The summed E-state index contributed by atoms with van der Waals surface area (Å²) in [5.74, 6) is 0. The highest BCUT2D eigenvalue weighted by Crippen LogP contribution is 2.26. The number of aliphatic hydroxyl groups is 2. The Bertz CT molecular complexity index is 377. The Hall–Kier alpha value is -0.420. The third-order valence-electron chi connectivity index (χ3n) is 4.20. The van der Waals surface area contributed by atoms with Crippen LogP contribution in [0, 0.1) is 0 Å². The van der Waals surface area contributed by atoms with Crippen molar-refractivity contribution in [2.75, 3.05) is 13.7 Å². The summed E-state index contributed by atoms with van der Waals surface area (Å²) >= 11 is 1.67. The van der Waals surface area contributed by atoms with Gasteiger partial charge in [0.05, 0.1) is 12.6 Å². The third kappa shape index (κ3) is 7.23. The van der Waals surface area contributed by atoms with E-state index >= 15 is 0 Å². The van der Waals surface area contributed by atoms with Crippen molar-refractivity contribution >= 4 is 11.3 Å². The standard InChI is InChI=1S/C18H33NO2S/c1-3-4-5-6-7-8-9-10-11-15-12-13-17(22-15)18(21)16(14-20)19-2/h12-13,16,18-21H,3-11,14H2,1-2H3. The van der Waals surface area contributed by atoms with Gasteiger partial charge in [0.15, 0.2) is 0 Å². The van der Waals surface area contributed by atoms with Crippen LogP contribution >= 0.6 is 11.3 Å². The zero-order valence-electron chi connectivity index (χ0n) is 14.2. The Balaban J connectivity index is 2.19. The highest BCUT2D eigenvalue weighted by Gasteiger charge is 2.19. The Labute approximate surface area is 139 Å². The number of hydrogen-bond donors (Lipinski definition) is 3. The largest absolute Gasteiger partial charge is 0.395 e. The van der Waals surface area contributed by atoms with Crippen molar-refractivity contribution in [2.45, 2.75) is 76.9 Å². The highest BCUT2D eigenvalue weighted by atomic mass is 32.1. The molecule has 0 bridgehead atoms. The summed E-state index contributed by atoms with van der Waals surface area (Å²) < 4.78 is 0. The number of aryl methyl sites for hydroxylation is 1. The second kappa shape index (κ2) is 12.1. The fourth-order valence-corrected chi connectivity index (χ4v) is 3.77. The molecule has 1 aromatic rings. The Morgan fingerprint density at radius 2 is 1.68 bits per heavy atom. The summed E-state index contributed by atoms with van der Waals surface area (Å²) in [5, 5.41) is 22.4. The van der Waals surface area contributed by atoms with Gasteiger partial charge in [-0.05, 0) is 32.0 Å². The maximum Gasteiger partial charge on any atom is 0.106 e. The number of unbranched alkanes of at least 4 members (excludes halogenated alkanes) is 7. The molecule has 2 atom stereocenters. The minimum Gasteiger partial charge on any atom is -0.395 e.